The smallest absolute Gasteiger partial charge is 0.182 e. The Balaban J connectivity index is 1.72. The molecule has 0 spiro atoms. The number of aromatic nitrogens is 1. The molecule has 0 unspecified atom stereocenters. The van der Waals surface area contributed by atoms with Gasteiger partial charge in [-0.3, -0.25) is 0 Å². The van der Waals surface area contributed by atoms with Crippen molar-refractivity contribution in [2.24, 2.45) is 5.92 Å². The number of nitrogens with one attached hydrogen (secondary N) is 2. The molecule has 0 saturated carbocycles. The lowest BCUT2D eigenvalue weighted by Gasteiger charge is -2.22. The summed E-state index contributed by atoms with van der Waals surface area (Å²) >= 11 is 1.67. The van der Waals surface area contributed by atoms with Crippen LogP contribution in [0.4, 0.5) is 5.13 Å². The molecule has 1 aromatic heterocycles. The van der Waals surface area contributed by atoms with Gasteiger partial charge in [-0.25, -0.2) is 4.98 Å². The van der Waals surface area contributed by atoms with E-state index in [1.54, 1.807) is 11.3 Å². The summed E-state index contributed by atoms with van der Waals surface area (Å²) in [6.07, 6.45) is 4.42. The number of hydrogen-bond acceptors (Lipinski definition) is 4. The summed E-state index contributed by atoms with van der Waals surface area (Å²) in [5.74, 6) is 0.824. The molecule has 3 nitrogen and oxygen atoms in total. The average Bonchev–Trinajstić information content (AvgIpc) is 2.69. The van der Waals surface area contributed by atoms with E-state index in [9.17, 15) is 0 Å². The van der Waals surface area contributed by atoms with E-state index in [0.717, 1.165) is 17.6 Å². The van der Waals surface area contributed by atoms with Gasteiger partial charge in [0.05, 0.1) is 0 Å². The second-order valence-corrected chi connectivity index (χ2v) is 4.31. The predicted molar refractivity (Wildman–Crippen MR) is 56.2 cm³/mol. The molecule has 1 fully saturated rings. The summed E-state index contributed by atoms with van der Waals surface area (Å²) in [5, 5.41) is 9.80. The number of hydrogen-bond donors (Lipinski definition) is 2. The van der Waals surface area contributed by atoms with E-state index in [0.29, 0.717) is 0 Å². The van der Waals surface area contributed by atoms with Gasteiger partial charge in [0.15, 0.2) is 5.13 Å². The van der Waals surface area contributed by atoms with Gasteiger partial charge in [0.1, 0.15) is 0 Å². The predicted octanol–water partition coefficient (Wildman–Crippen LogP) is 1.55. The van der Waals surface area contributed by atoms with Crippen LogP contribution in [0.5, 0.6) is 0 Å². The van der Waals surface area contributed by atoms with Gasteiger partial charge in [0.2, 0.25) is 0 Å². The van der Waals surface area contributed by atoms with Crippen LogP contribution in [0, 0.1) is 5.92 Å². The van der Waals surface area contributed by atoms with Gasteiger partial charge < -0.3 is 10.6 Å². The Kier molecular flexibility index (Phi) is 3.16. The highest BCUT2D eigenvalue weighted by atomic mass is 32.1. The summed E-state index contributed by atoms with van der Waals surface area (Å²) in [6, 6.07) is 0. The van der Waals surface area contributed by atoms with Crippen molar-refractivity contribution in [2.75, 3.05) is 25.0 Å². The molecular weight excluding hydrogens is 182 g/mol. The van der Waals surface area contributed by atoms with Gasteiger partial charge in [-0.15, -0.1) is 11.3 Å². The Hall–Kier alpha value is -0.610. The van der Waals surface area contributed by atoms with Crippen molar-refractivity contribution < 1.29 is 0 Å². The molecule has 2 rings (SSSR count). The first kappa shape index (κ1) is 8.97. The van der Waals surface area contributed by atoms with E-state index in [2.05, 4.69) is 15.6 Å². The minimum absolute atomic E-state index is 0.824. The van der Waals surface area contributed by atoms with Crippen LogP contribution in [0.25, 0.3) is 0 Å². The Morgan fingerprint density at radius 3 is 3.08 bits per heavy atom. The first-order valence-corrected chi connectivity index (χ1v) is 5.67. The molecule has 1 saturated heterocycles. The van der Waals surface area contributed by atoms with Crippen molar-refractivity contribution in [1.29, 1.82) is 0 Å². The van der Waals surface area contributed by atoms with Crippen LogP contribution in [0.3, 0.4) is 0 Å². The highest BCUT2D eigenvalue weighted by Gasteiger charge is 2.12. The fourth-order valence-corrected chi connectivity index (χ4v) is 2.17. The molecule has 0 amide bonds. The zero-order valence-electron chi connectivity index (χ0n) is 7.62. The molecule has 72 valence electrons. The van der Waals surface area contributed by atoms with Crippen LogP contribution < -0.4 is 10.6 Å². The Bertz CT molecular complexity index is 229. The van der Waals surface area contributed by atoms with Gasteiger partial charge in [-0.05, 0) is 31.8 Å². The summed E-state index contributed by atoms with van der Waals surface area (Å²) in [7, 11) is 0. The van der Waals surface area contributed by atoms with Crippen LogP contribution >= 0.6 is 11.3 Å². The van der Waals surface area contributed by atoms with Crippen LogP contribution in [0.15, 0.2) is 11.6 Å². The van der Waals surface area contributed by atoms with E-state index in [1.165, 1.54) is 25.9 Å². The monoisotopic (exact) mass is 197 g/mol. The zero-order valence-corrected chi connectivity index (χ0v) is 8.44. The number of thiazole rings is 1. The molecule has 0 aliphatic carbocycles. The molecule has 13 heavy (non-hydrogen) atoms. The van der Waals surface area contributed by atoms with Crippen LogP contribution in [-0.4, -0.2) is 24.6 Å². The first-order valence-electron chi connectivity index (χ1n) is 4.79. The standard InChI is InChI=1S/C9H15N3S/c1-3-10-4-2-8(1)7-12-9-11-5-6-13-9/h5-6,8,10H,1-4,7H2,(H,11,12). The van der Waals surface area contributed by atoms with E-state index < -0.39 is 0 Å². The van der Waals surface area contributed by atoms with Gasteiger partial charge in [-0.1, -0.05) is 0 Å². The van der Waals surface area contributed by atoms with Crippen molar-refractivity contribution in [1.82, 2.24) is 10.3 Å². The normalized spacial score (nSPS) is 18.8. The highest BCUT2D eigenvalue weighted by molar-refractivity contribution is 7.13. The maximum atomic E-state index is 4.19. The minimum atomic E-state index is 0.824. The van der Waals surface area contributed by atoms with Crippen molar-refractivity contribution in [2.45, 2.75) is 12.8 Å². The van der Waals surface area contributed by atoms with Gasteiger partial charge in [0, 0.05) is 18.1 Å². The molecule has 0 bridgehead atoms. The Labute approximate surface area is 82.6 Å². The number of piperidine rings is 1. The average molecular weight is 197 g/mol. The third-order valence-corrected chi connectivity index (χ3v) is 3.16. The molecule has 0 radical (unpaired) electrons. The fraction of sp³-hybridized carbons (Fsp3) is 0.667. The summed E-state index contributed by atoms with van der Waals surface area (Å²) in [5.41, 5.74) is 0. The summed E-state index contributed by atoms with van der Waals surface area (Å²) in [4.78, 5) is 4.19. The minimum Gasteiger partial charge on any atom is -0.361 e. The topological polar surface area (TPSA) is 37.0 Å². The van der Waals surface area contributed by atoms with Gasteiger partial charge in [0.25, 0.3) is 0 Å². The molecule has 0 aromatic carbocycles. The molecule has 1 aliphatic rings. The third-order valence-electron chi connectivity index (χ3n) is 2.43. The van der Waals surface area contributed by atoms with Crippen molar-refractivity contribution in [3.63, 3.8) is 0 Å². The fourth-order valence-electron chi connectivity index (χ4n) is 1.63. The molecule has 0 atom stereocenters. The summed E-state index contributed by atoms with van der Waals surface area (Å²) in [6.45, 7) is 3.42. The zero-order chi connectivity index (χ0) is 8.93. The van der Waals surface area contributed by atoms with Crippen molar-refractivity contribution >= 4 is 16.5 Å². The largest absolute Gasteiger partial charge is 0.361 e. The molecular formula is C9H15N3S. The van der Waals surface area contributed by atoms with Crippen LogP contribution in [0.1, 0.15) is 12.8 Å². The maximum Gasteiger partial charge on any atom is 0.182 e. The molecule has 2 heterocycles. The number of nitrogens with zero attached hydrogens (tertiary/aromatic N) is 1. The maximum absolute atomic E-state index is 4.19. The second kappa shape index (κ2) is 4.58. The quantitative estimate of drug-likeness (QED) is 0.772. The molecule has 1 aromatic rings. The Morgan fingerprint density at radius 1 is 1.54 bits per heavy atom. The van der Waals surface area contributed by atoms with E-state index in [4.69, 9.17) is 0 Å². The highest BCUT2D eigenvalue weighted by Crippen LogP contribution is 2.15. The van der Waals surface area contributed by atoms with Crippen molar-refractivity contribution in [3.8, 4) is 0 Å². The third kappa shape index (κ3) is 2.67. The van der Waals surface area contributed by atoms with Gasteiger partial charge >= 0.3 is 0 Å². The van der Waals surface area contributed by atoms with E-state index >= 15 is 0 Å². The number of rotatable bonds is 3. The van der Waals surface area contributed by atoms with E-state index in [-0.39, 0.29) is 0 Å². The summed E-state index contributed by atoms with van der Waals surface area (Å²) < 4.78 is 0. The van der Waals surface area contributed by atoms with Crippen molar-refractivity contribution in [3.05, 3.63) is 11.6 Å². The SMILES string of the molecule is c1csc(NCC2CCNCC2)n1. The second-order valence-electron chi connectivity index (χ2n) is 3.41. The molecule has 4 heteroatoms. The lowest BCUT2D eigenvalue weighted by atomic mass is 9.98. The lowest BCUT2D eigenvalue weighted by Crippen LogP contribution is -2.31. The lowest BCUT2D eigenvalue weighted by molar-refractivity contribution is 0.390. The molecule has 2 N–H and O–H groups in total. The Morgan fingerprint density at radius 2 is 2.38 bits per heavy atom. The van der Waals surface area contributed by atoms with Gasteiger partial charge in [-0.2, -0.15) is 0 Å². The van der Waals surface area contributed by atoms with E-state index in [1.807, 2.05) is 11.6 Å². The van der Waals surface area contributed by atoms with Crippen LogP contribution in [-0.2, 0) is 0 Å². The molecule has 1 aliphatic heterocycles. The van der Waals surface area contributed by atoms with Crippen LogP contribution in [0.2, 0.25) is 0 Å². The number of anilines is 1. The first-order chi connectivity index (χ1) is 6.45.